The van der Waals surface area contributed by atoms with Gasteiger partial charge in [-0.2, -0.15) is 0 Å². The largest absolute Gasteiger partial charge is 0.492 e. The number of aliphatic imine (C=N–C) groups is 2. The van der Waals surface area contributed by atoms with Gasteiger partial charge in [0.2, 0.25) is 5.91 Å². The molecule has 5 atom stereocenters. The van der Waals surface area contributed by atoms with Crippen molar-refractivity contribution >= 4 is 23.7 Å². The normalized spacial score (nSPS) is 30.8. The predicted octanol–water partition coefficient (Wildman–Crippen LogP) is -0.556. The molecule has 1 saturated heterocycles. The van der Waals surface area contributed by atoms with Crippen LogP contribution in [0.25, 0.3) is 0 Å². The average Bonchev–Trinajstić information content (AvgIpc) is 3.66. The lowest BCUT2D eigenvalue weighted by Gasteiger charge is -2.46. The summed E-state index contributed by atoms with van der Waals surface area (Å²) in [6.07, 6.45) is 2.81. The fourth-order valence-electron chi connectivity index (χ4n) is 7.13. The summed E-state index contributed by atoms with van der Waals surface area (Å²) in [5.74, 6) is 0.369. The van der Waals surface area contributed by atoms with E-state index in [0.29, 0.717) is 30.8 Å². The Kier molecular flexibility index (Phi) is 6.10. The van der Waals surface area contributed by atoms with E-state index < -0.39 is 35.3 Å². The number of para-hydroxylation sites is 1. The third-order valence-electron chi connectivity index (χ3n) is 9.74. The summed E-state index contributed by atoms with van der Waals surface area (Å²) in [5.41, 5.74) is 12.8. The van der Waals surface area contributed by atoms with Crippen LogP contribution >= 0.6 is 0 Å². The molecule has 0 radical (unpaired) electrons. The van der Waals surface area contributed by atoms with Crippen LogP contribution in [0.2, 0.25) is 0 Å². The molecule has 43 heavy (non-hydrogen) atoms. The number of carbonyl (C=O) groups is 2. The predicted molar refractivity (Wildman–Crippen MR) is 158 cm³/mol. The van der Waals surface area contributed by atoms with Crippen LogP contribution in [0.3, 0.4) is 0 Å². The molecule has 7 rings (SSSR count). The van der Waals surface area contributed by atoms with E-state index in [4.69, 9.17) is 16.2 Å². The van der Waals surface area contributed by atoms with Crippen molar-refractivity contribution in [1.29, 1.82) is 0 Å². The Morgan fingerprint density at radius 1 is 1.14 bits per heavy atom. The monoisotopic (exact) mass is 587 g/mol. The van der Waals surface area contributed by atoms with Crippen LogP contribution in [0.15, 0.2) is 52.6 Å². The van der Waals surface area contributed by atoms with Gasteiger partial charge in [0.25, 0.3) is 5.91 Å². The zero-order valence-electron chi connectivity index (χ0n) is 24.2. The van der Waals surface area contributed by atoms with Crippen molar-refractivity contribution in [3.8, 4) is 5.75 Å². The van der Waals surface area contributed by atoms with Gasteiger partial charge in [0.15, 0.2) is 17.6 Å². The second-order valence-corrected chi connectivity index (χ2v) is 12.8. The topological polar surface area (TPSA) is 193 Å². The van der Waals surface area contributed by atoms with E-state index in [2.05, 4.69) is 44.8 Å². The number of rotatable bonds is 6. The van der Waals surface area contributed by atoms with Gasteiger partial charge in [-0.05, 0) is 42.9 Å². The second-order valence-electron chi connectivity index (χ2n) is 12.8. The molecule has 5 heterocycles. The number of guanidine groups is 2. The highest BCUT2D eigenvalue weighted by atomic mass is 16.5. The molecule has 13 heteroatoms. The van der Waals surface area contributed by atoms with Crippen LogP contribution in [-0.2, 0) is 15.6 Å². The van der Waals surface area contributed by atoms with Crippen LogP contribution in [0.5, 0.6) is 5.75 Å². The minimum Gasteiger partial charge on any atom is -0.492 e. The van der Waals surface area contributed by atoms with Gasteiger partial charge in [-0.1, -0.05) is 32.0 Å². The van der Waals surface area contributed by atoms with Crippen molar-refractivity contribution in [2.45, 2.75) is 73.8 Å². The van der Waals surface area contributed by atoms with Crippen molar-refractivity contribution in [3.05, 3.63) is 59.4 Å². The number of aliphatic hydroxyl groups excluding tert-OH is 1. The SMILES string of the molecule is CC1(C)CCOc2c(C(=O)NC3CN4C(N)=N[C@@H](CNC(=O)C5(c6ccccn6)CC5)C5N=C(N)NC54[C@@H]3O)cccc21. The summed E-state index contributed by atoms with van der Waals surface area (Å²) in [6, 6.07) is 9.13. The Morgan fingerprint density at radius 3 is 2.70 bits per heavy atom. The van der Waals surface area contributed by atoms with E-state index in [-0.39, 0.29) is 42.2 Å². The maximum Gasteiger partial charge on any atom is 0.255 e. The highest BCUT2D eigenvalue weighted by Crippen LogP contribution is 2.48. The zero-order chi connectivity index (χ0) is 30.1. The first-order valence-electron chi connectivity index (χ1n) is 14.7. The number of hydrogen-bond donors (Lipinski definition) is 6. The molecule has 8 N–H and O–H groups in total. The molecule has 3 unspecified atom stereocenters. The van der Waals surface area contributed by atoms with Crippen molar-refractivity contribution in [1.82, 2.24) is 25.8 Å². The minimum atomic E-state index is -1.24. The first-order valence-corrected chi connectivity index (χ1v) is 14.7. The summed E-state index contributed by atoms with van der Waals surface area (Å²) in [5, 5.41) is 21.0. The molecular formula is C30H37N9O4. The third-order valence-corrected chi connectivity index (χ3v) is 9.74. The Morgan fingerprint density at radius 2 is 1.95 bits per heavy atom. The number of nitrogens with zero attached hydrogens (tertiary/aromatic N) is 4. The molecule has 1 aromatic carbocycles. The second kappa shape index (κ2) is 9.56. The lowest BCUT2D eigenvalue weighted by molar-refractivity contribution is -0.123. The van der Waals surface area contributed by atoms with Gasteiger partial charge in [-0.15, -0.1) is 0 Å². The van der Waals surface area contributed by atoms with Gasteiger partial charge in [0.1, 0.15) is 17.9 Å². The summed E-state index contributed by atoms with van der Waals surface area (Å²) >= 11 is 0. The zero-order valence-corrected chi connectivity index (χ0v) is 24.2. The molecule has 4 aliphatic heterocycles. The Labute approximate surface area is 249 Å². The Hall–Kier alpha value is -4.39. The molecule has 226 valence electrons. The number of carbonyl (C=O) groups excluding carboxylic acids is 2. The molecular weight excluding hydrogens is 550 g/mol. The van der Waals surface area contributed by atoms with Crippen molar-refractivity contribution < 1.29 is 19.4 Å². The quantitative estimate of drug-likeness (QED) is 0.257. The molecule has 1 aromatic heterocycles. The Bertz CT molecular complexity index is 1540. The number of ether oxygens (including phenoxy) is 1. The number of fused-ring (bicyclic) bond motifs is 1. The van der Waals surface area contributed by atoms with Crippen LogP contribution in [0.4, 0.5) is 0 Å². The molecule has 2 fully saturated rings. The summed E-state index contributed by atoms with van der Waals surface area (Å²) < 4.78 is 5.95. The first kappa shape index (κ1) is 27.4. The van der Waals surface area contributed by atoms with E-state index >= 15 is 0 Å². The maximum absolute atomic E-state index is 13.6. The molecule has 1 aliphatic carbocycles. The molecule has 1 spiro atoms. The number of nitrogens with two attached hydrogens (primary N) is 2. The minimum absolute atomic E-state index is 0.127. The summed E-state index contributed by atoms with van der Waals surface area (Å²) in [7, 11) is 0. The van der Waals surface area contributed by atoms with Crippen molar-refractivity contribution in [3.63, 3.8) is 0 Å². The molecule has 5 aliphatic rings. The maximum atomic E-state index is 13.6. The fraction of sp³-hybridized carbons (Fsp3) is 0.500. The summed E-state index contributed by atoms with van der Waals surface area (Å²) in [4.78, 5) is 42.3. The highest BCUT2D eigenvalue weighted by molar-refractivity contribution is 5.98. The van der Waals surface area contributed by atoms with Gasteiger partial charge in [-0.3, -0.25) is 14.6 Å². The molecule has 1 saturated carbocycles. The molecule has 2 amide bonds. The van der Waals surface area contributed by atoms with E-state index in [1.807, 2.05) is 30.3 Å². The van der Waals surface area contributed by atoms with Gasteiger partial charge in [-0.25, -0.2) is 9.98 Å². The number of hydrogen-bond acceptors (Lipinski definition) is 11. The fourth-order valence-corrected chi connectivity index (χ4v) is 7.13. The van der Waals surface area contributed by atoms with Gasteiger partial charge in [0.05, 0.1) is 35.4 Å². The number of benzene rings is 1. The van der Waals surface area contributed by atoms with Crippen molar-refractivity contribution in [2.24, 2.45) is 21.5 Å². The molecule has 0 bridgehead atoms. The van der Waals surface area contributed by atoms with Gasteiger partial charge < -0.3 is 42.2 Å². The van der Waals surface area contributed by atoms with Crippen LogP contribution in [0.1, 0.15) is 54.7 Å². The number of pyridine rings is 1. The molecule has 2 aromatic rings. The lowest BCUT2D eigenvalue weighted by atomic mass is 9.79. The Balaban J connectivity index is 1.11. The van der Waals surface area contributed by atoms with E-state index in [1.54, 1.807) is 17.2 Å². The standard InChI is InChI=1S/C30H37N9O4/c1-28(2)11-13-43-21-16(6-5-7-17(21)28)24(41)35-19-15-39-27(32)36-18(22-30(39,23(19)40)38-26(31)37-22)14-34-25(42)29(9-10-29)20-8-3-4-12-33-20/h3-8,12,18-19,22-23,40H,9-11,13-15H2,1-2H3,(H2,32,36)(H,34,42)(H,35,41)(H3,31,37,38)/t18-,19?,22?,23+,30?/m0/s1. The van der Waals surface area contributed by atoms with Gasteiger partial charge >= 0.3 is 0 Å². The highest BCUT2D eigenvalue weighted by Gasteiger charge is 2.65. The number of nitrogens with one attached hydrogen (secondary N) is 3. The van der Waals surface area contributed by atoms with Crippen LogP contribution in [-0.4, -0.2) is 88.3 Å². The first-order chi connectivity index (χ1) is 20.6. The third kappa shape index (κ3) is 4.12. The van der Waals surface area contributed by atoms with E-state index in [0.717, 1.165) is 17.7 Å². The summed E-state index contributed by atoms with van der Waals surface area (Å²) in [6.45, 7) is 5.10. The van der Waals surface area contributed by atoms with Gasteiger partial charge in [0, 0.05) is 24.8 Å². The smallest absolute Gasteiger partial charge is 0.255 e. The lowest BCUT2D eigenvalue weighted by Crippen LogP contribution is -2.73. The number of aromatic nitrogens is 1. The average molecular weight is 588 g/mol. The van der Waals surface area contributed by atoms with Crippen LogP contribution < -0.4 is 32.2 Å². The van der Waals surface area contributed by atoms with Crippen molar-refractivity contribution in [2.75, 3.05) is 19.7 Å². The van der Waals surface area contributed by atoms with E-state index in [1.165, 1.54) is 0 Å². The van der Waals surface area contributed by atoms with E-state index in [9.17, 15) is 14.7 Å². The number of amides is 2. The molecule has 13 nitrogen and oxygen atoms in total. The van der Waals surface area contributed by atoms with Crippen LogP contribution in [0, 0.1) is 0 Å². The number of aliphatic hydroxyl groups is 1.